The molecule has 1 aliphatic carbocycles. The van der Waals surface area contributed by atoms with E-state index in [1.54, 1.807) is 0 Å². The van der Waals surface area contributed by atoms with Gasteiger partial charge in [-0.3, -0.25) is 0 Å². The molecule has 2 rings (SSSR count). The monoisotopic (exact) mass is 282 g/mol. The maximum absolute atomic E-state index is 6.12. The van der Waals surface area contributed by atoms with Crippen molar-refractivity contribution in [3.05, 3.63) is 15.6 Å². The van der Waals surface area contributed by atoms with Crippen LogP contribution in [0.25, 0.3) is 0 Å². The molecule has 0 amide bonds. The molecule has 3 nitrogen and oxygen atoms in total. The van der Waals surface area contributed by atoms with Crippen LogP contribution >= 0.6 is 11.3 Å². The number of aromatic nitrogens is 1. The van der Waals surface area contributed by atoms with Crippen LogP contribution in [-0.4, -0.2) is 18.1 Å². The molecule has 0 radical (unpaired) electrons. The topological polar surface area (TPSA) is 34.1 Å². The van der Waals surface area contributed by atoms with E-state index in [0.717, 1.165) is 39.0 Å². The molecule has 1 aromatic rings. The maximum Gasteiger partial charge on any atom is 0.125 e. The van der Waals surface area contributed by atoms with Crippen LogP contribution in [0.15, 0.2) is 0 Å². The number of nitrogens with one attached hydrogen (secondary N) is 1. The van der Waals surface area contributed by atoms with Gasteiger partial charge in [-0.05, 0) is 32.7 Å². The normalized spacial score (nSPS) is 18.1. The Morgan fingerprint density at radius 3 is 2.58 bits per heavy atom. The number of rotatable bonds is 7. The first-order valence-corrected chi connectivity index (χ1v) is 8.41. The third-order valence-corrected chi connectivity index (χ3v) is 5.15. The molecule has 1 saturated carbocycles. The van der Waals surface area contributed by atoms with Crippen molar-refractivity contribution in [2.24, 2.45) is 0 Å². The van der Waals surface area contributed by atoms with Crippen molar-refractivity contribution in [1.82, 2.24) is 10.3 Å². The first kappa shape index (κ1) is 14.9. The summed E-state index contributed by atoms with van der Waals surface area (Å²) in [5.41, 5.74) is 1.18. The molecule has 108 valence electrons. The highest BCUT2D eigenvalue weighted by molar-refractivity contribution is 7.11. The van der Waals surface area contributed by atoms with Crippen molar-refractivity contribution in [3.8, 4) is 0 Å². The molecule has 0 saturated heterocycles. The summed E-state index contributed by atoms with van der Waals surface area (Å²) >= 11 is 1.86. The fraction of sp³-hybridized carbons (Fsp3) is 0.800. The summed E-state index contributed by atoms with van der Waals surface area (Å²) in [6, 6.07) is 0. The van der Waals surface area contributed by atoms with E-state index in [4.69, 9.17) is 9.72 Å². The Balaban J connectivity index is 2.25. The molecule has 1 fully saturated rings. The largest absolute Gasteiger partial charge is 0.368 e. The lowest BCUT2D eigenvalue weighted by molar-refractivity contribution is -0.0392. The maximum atomic E-state index is 6.12. The van der Waals surface area contributed by atoms with E-state index in [2.05, 4.69) is 26.1 Å². The molecular formula is C15H26N2OS. The number of nitrogens with zero attached hydrogens (tertiary/aromatic N) is 1. The summed E-state index contributed by atoms with van der Waals surface area (Å²) < 4.78 is 6.12. The standard InChI is InChI=1S/C15H26N2OS/c1-4-12-13(11-16-5-2)19-14(17-12)15(18-6-3)9-7-8-10-15/h16H,4-11H2,1-3H3. The second-order valence-electron chi connectivity index (χ2n) is 5.16. The number of hydrogen-bond acceptors (Lipinski definition) is 4. The average molecular weight is 282 g/mol. The van der Waals surface area contributed by atoms with E-state index in [1.165, 1.54) is 28.4 Å². The Bertz CT molecular complexity index is 397. The minimum atomic E-state index is -0.0756. The second kappa shape index (κ2) is 6.82. The minimum absolute atomic E-state index is 0.0756. The lowest BCUT2D eigenvalue weighted by Gasteiger charge is -2.26. The fourth-order valence-corrected chi connectivity index (χ4v) is 4.19. The van der Waals surface area contributed by atoms with Crippen molar-refractivity contribution in [2.45, 2.75) is 65.0 Å². The number of ether oxygens (including phenoxy) is 1. The van der Waals surface area contributed by atoms with Gasteiger partial charge in [0.2, 0.25) is 0 Å². The molecule has 0 aromatic carbocycles. The van der Waals surface area contributed by atoms with Gasteiger partial charge in [-0.25, -0.2) is 4.98 Å². The molecule has 1 aromatic heterocycles. The Hall–Kier alpha value is -0.450. The third-order valence-electron chi connectivity index (χ3n) is 3.87. The van der Waals surface area contributed by atoms with Crippen LogP contribution in [0.3, 0.4) is 0 Å². The van der Waals surface area contributed by atoms with Crippen molar-refractivity contribution in [2.75, 3.05) is 13.2 Å². The smallest absolute Gasteiger partial charge is 0.125 e. The van der Waals surface area contributed by atoms with Crippen LogP contribution in [0.2, 0.25) is 0 Å². The van der Waals surface area contributed by atoms with Gasteiger partial charge in [0.1, 0.15) is 10.6 Å². The van der Waals surface area contributed by atoms with Crippen LogP contribution in [0.4, 0.5) is 0 Å². The summed E-state index contributed by atoms with van der Waals surface area (Å²) in [6.45, 7) is 9.16. The summed E-state index contributed by atoms with van der Waals surface area (Å²) in [5.74, 6) is 0. The van der Waals surface area contributed by atoms with Crippen LogP contribution in [0, 0.1) is 0 Å². The Kier molecular flexibility index (Phi) is 5.37. The van der Waals surface area contributed by atoms with Crippen LogP contribution < -0.4 is 5.32 Å². The first-order chi connectivity index (χ1) is 9.25. The van der Waals surface area contributed by atoms with E-state index >= 15 is 0 Å². The molecule has 4 heteroatoms. The zero-order valence-electron chi connectivity index (χ0n) is 12.4. The summed E-state index contributed by atoms with van der Waals surface area (Å²) in [7, 11) is 0. The number of aryl methyl sites for hydroxylation is 1. The SMILES string of the molecule is CCNCc1sc(C2(OCC)CCCC2)nc1CC. The van der Waals surface area contributed by atoms with Gasteiger partial charge in [-0.1, -0.05) is 26.7 Å². The molecule has 19 heavy (non-hydrogen) atoms. The van der Waals surface area contributed by atoms with Crippen LogP contribution in [0.5, 0.6) is 0 Å². The molecule has 1 aliphatic rings. The molecular weight excluding hydrogens is 256 g/mol. The van der Waals surface area contributed by atoms with E-state index in [-0.39, 0.29) is 5.60 Å². The number of hydrogen-bond donors (Lipinski definition) is 1. The molecule has 0 unspecified atom stereocenters. The molecule has 0 spiro atoms. The van der Waals surface area contributed by atoms with Crippen molar-refractivity contribution >= 4 is 11.3 Å². The van der Waals surface area contributed by atoms with E-state index in [9.17, 15) is 0 Å². The van der Waals surface area contributed by atoms with E-state index < -0.39 is 0 Å². The summed E-state index contributed by atoms with van der Waals surface area (Å²) in [4.78, 5) is 6.30. The van der Waals surface area contributed by atoms with Crippen LogP contribution in [0.1, 0.15) is 62.0 Å². The fourth-order valence-electron chi connectivity index (χ4n) is 2.87. The molecule has 1 heterocycles. The first-order valence-electron chi connectivity index (χ1n) is 7.59. The minimum Gasteiger partial charge on any atom is -0.368 e. The Morgan fingerprint density at radius 1 is 1.26 bits per heavy atom. The van der Waals surface area contributed by atoms with Gasteiger partial charge in [-0.15, -0.1) is 11.3 Å². The van der Waals surface area contributed by atoms with Gasteiger partial charge < -0.3 is 10.1 Å². The highest BCUT2D eigenvalue weighted by atomic mass is 32.1. The summed E-state index contributed by atoms with van der Waals surface area (Å²) in [5, 5.41) is 4.64. The lowest BCUT2D eigenvalue weighted by Crippen LogP contribution is -2.26. The zero-order chi connectivity index (χ0) is 13.7. The highest BCUT2D eigenvalue weighted by Gasteiger charge is 2.39. The van der Waals surface area contributed by atoms with E-state index in [1.807, 2.05) is 11.3 Å². The average Bonchev–Trinajstić information content (AvgIpc) is 3.03. The van der Waals surface area contributed by atoms with Gasteiger partial charge in [0, 0.05) is 18.0 Å². The van der Waals surface area contributed by atoms with Crippen molar-refractivity contribution < 1.29 is 4.74 Å². The Morgan fingerprint density at radius 2 is 2.00 bits per heavy atom. The Labute approximate surface area is 120 Å². The van der Waals surface area contributed by atoms with Gasteiger partial charge >= 0.3 is 0 Å². The van der Waals surface area contributed by atoms with Crippen LogP contribution in [-0.2, 0) is 23.3 Å². The molecule has 0 atom stereocenters. The quantitative estimate of drug-likeness (QED) is 0.829. The summed E-state index contributed by atoms with van der Waals surface area (Å²) in [6.07, 6.45) is 5.82. The highest BCUT2D eigenvalue weighted by Crippen LogP contribution is 2.44. The van der Waals surface area contributed by atoms with Crippen molar-refractivity contribution in [1.29, 1.82) is 0 Å². The molecule has 0 bridgehead atoms. The van der Waals surface area contributed by atoms with Gasteiger partial charge in [-0.2, -0.15) is 0 Å². The van der Waals surface area contributed by atoms with Gasteiger partial charge in [0.15, 0.2) is 0 Å². The molecule has 1 N–H and O–H groups in total. The molecule has 0 aliphatic heterocycles. The predicted octanol–water partition coefficient (Wildman–Crippen LogP) is 3.62. The van der Waals surface area contributed by atoms with E-state index in [0.29, 0.717) is 0 Å². The predicted molar refractivity (Wildman–Crippen MR) is 80.6 cm³/mol. The third kappa shape index (κ3) is 3.18. The van der Waals surface area contributed by atoms with Crippen molar-refractivity contribution in [3.63, 3.8) is 0 Å². The lowest BCUT2D eigenvalue weighted by atomic mass is 10.0. The van der Waals surface area contributed by atoms with Gasteiger partial charge in [0.05, 0.1) is 5.69 Å². The zero-order valence-corrected chi connectivity index (χ0v) is 13.2. The van der Waals surface area contributed by atoms with Gasteiger partial charge in [0.25, 0.3) is 0 Å². The number of thiazole rings is 1. The second-order valence-corrected chi connectivity index (χ2v) is 6.24.